The number of benzene rings is 2. The fourth-order valence-corrected chi connectivity index (χ4v) is 2.79. The van der Waals surface area contributed by atoms with Crippen molar-refractivity contribution >= 4 is 32.7 Å². The van der Waals surface area contributed by atoms with Crippen LogP contribution in [0.25, 0.3) is 22.0 Å². The number of nitrogens with zero attached hydrogens (tertiary/aromatic N) is 2. The van der Waals surface area contributed by atoms with Crippen LogP contribution in [0.4, 0.5) is 5.82 Å². The topological polar surface area (TPSA) is 16.1 Å². The van der Waals surface area contributed by atoms with Gasteiger partial charge >= 0.3 is 0 Å². The molecule has 0 aliphatic heterocycles. The summed E-state index contributed by atoms with van der Waals surface area (Å²) in [6, 6.07) is 18.7. The lowest BCUT2D eigenvalue weighted by atomic mass is 10.0. The van der Waals surface area contributed by atoms with Gasteiger partial charge in [0.15, 0.2) is 0 Å². The highest BCUT2D eigenvalue weighted by Gasteiger charge is 2.10. The van der Waals surface area contributed by atoms with Gasteiger partial charge in [-0.1, -0.05) is 52.3 Å². The lowest BCUT2D eigenvalue weighted by Gasteiger charge is -2.16. The van der Waals surface area contributed by atoms with Gasteiger partial charge in [0, 0.05) is 24.0 Å². The van der Waals surface area contributed by atoms with Crippen molar-refractivity contribution in [2.24, 2.45) is 0 Å². The number of rotatable bonds is 2. The number of para-hydroxylation sites is 1. The van der Waals surface area contributed by atoms with Crippen LogP contribution in [0.1, 0.15) is 0 Å². The van der Waals surface area contributed by atoms with Crippen molar-refractivity contribution in [3.05, 3.63) is 59.1 Å². The van der Waals surface area contributed by atoms with Crippen LogP contribution < -0.4 is 4.90 Å². The molecule has 0 N–H and O–H groups in total. The number of halogens is 1. The predicted molar refractivity (Wildman–Crippen MR) is 89.2 cm³/mol. The van der Waals surface area contributed by atoms with Crippen molar-refractivity contribution in [2.75, 3.05) is 19.0 Å². The first kappa shape index (κ1) is 13.1. The van der Waals surface area contributed by atoms with E-state index < -0.39 is 0 Å². The number of hydrogen-bond donors (Lipinski definition) is 0. The van der Waals surface area contributed by atoms with E-state index in [0.29, 0.717) is 0 Å². The van der Waals surface area contributed by atoms with Gasteiger partial charge in [0.25, 0.3) is 0 Å². The van der Waals surface area contributed by atoms with E-state index in [9.17, 15) is 0 Å². The number of anilines is 1. The fourth-order valence-electron chi connectivity index (χ4n) is 2.29. The number of hydrogen-bond acceptors (Lipinski definition) is 2. The third-order valence-electron chi connectivity index (χ3n) is 3.32. The summed E-state index contributed by atoms with van der Waals surface area (Å²) in [7, 11) is 4.03. The Morgan fingerprint density at radius 1 is 0.900 bits per heavy atom. The third kappa shape index (κ3) is 2.29. The van der Waals surface area contributed by atoms with E-state index in [-0.39, 0.29) is 0 Å². The van der Waals surface area contributed by atoms with Crippen LogP contribution in [-0.4, -0.2) is 19.1 Å². The highest BCUT2D eigenvalue weighted by molar-refractivity contribution is 9.10. The Balaban J connectivity index is 2.36. The Labute approximate surface area is 127 Å². The monoisotopic (exact) mass is 326 g/mol. The molecule has 2 nitrogen and oxygen atoms in total. The third-order valence-corrected chi connectivity index (χ3v) is 4.02. The molecular weight excluding hydrogens is 312 g/mol. The smallest absolute Gasteiger partial charge is 0.129 e. The molecule has 0 bridgehead atoms. The second-order valence-corrected chi connectivity index (χ2v) is 5.77. The fraction of sp³-hybridized carbons (Fsp3) is 0.118. The Hall–Kier alpha value is -1.87. The summed E-state index contributed by atoms with van der Waals surface area (Å²) in [6.45, 7) is 0. The van der Waals surface area contributed by atoms with Crippen LogP contribution in [0, 0.1) is 0 Å². The Kier molecular flexibility index (Phi) is 3.45. The normalized spacial score (nSPS) is 10.8. The average Bonchev–Trinajstić information content (AvgIpc) is 2.46. The van der Waals surface area contributed by atoms with Gasteiger partial charge in [0.1, 0.15) is 5.82 Å². The summed E-state index contributed by atoms with van der Waals surface area (Å²) in [6.07, 6.45) is 0. The zero-order valence-corrected chi connectivity index (χ0v) is 13.1. The highest BCUT2D eigenvalue weighted by atomic mass is 79.9. The standard InChI is InChI=1S/C17H15BrN2/c1-20(2)17-11-14(12-7-3-5-9-15(12)18)13-8-4-6-10-16(13)19-17/h3-11H,1-2H3. The molecule has 2 aromatic carbocycles. The molecule has 0 spiro atoms. The molecule has 0 aliphatic rings. The summed E-state index contributed by atoms with van der Waals surface area (Å²) >= 11 is 3.65. The van der Waals surface area contributed by atoms with Crippen molar-refractivity contribution in [1.82, 2.24) is 4.98 Å². The van der Waals surface area contributed by atoms with Crippen molar-refractivity contribution < 1.29 is 0 Å². The van der Waals surface area contributed by atoms with Gasteiger partial charge in [-0.3, -0.25) is 0 Å². The Bertz CT molecular complexity index is 766. The molecular formula is C17H15BrN2. The molecule has 0 saturated heterocycles. The van der Waals surface area contributed by atoms with E-state index in [1.54, 1.807) is 0 Å². The quantitative estimate of drug-likeness (QED) is 0.676. The van der Waals surface area contributed by atoms with E-state index in [4.69, 9.17) is 4.98 Å². The molecule has 0 aliphatic carbocycles. The second-order valence-electron chi connectivity index (χ2n) is 4.92. The molecule has 0 unspecified atom stereocenters. The zero-order valence-electron chi connectivity index (χ0n) is 11.5. The number of aromatic nitrogens is 1. The van der Waals surface area contributed by atoms with Gasteiger partial charge in [-0.05, 0) is 29.3 Å². The minimum Gasteiger partial charge on any atom is -0.363 e. The molecule has 0 amide bonds. The molecule has 1 aromatic heterocycles. The van der Waals surface area contributed by atoms with E-state index >= 15 is 0 Å². The second kappa shape index (κ2) is 5.25. The van der Waals surface area contributed by atoms with Crippen LogP contribution in [0.15, 0.2) is 59.1 Å². The van der Waals surface area contributed by atoms with Crippen LogP contribution >= 0.6 is 15.9 Å². The summed E-state index contributed by atoms with van der Waals surface area (Å²) in [4.78, 5) is 6.74. The van der Waals surface area contributed by atoms with Gasteiger partial charge in [-0.2, -0.15) is 0 Å². The maximum atomic E-state index is 4.70. The lowest BCUT2D eigenvalue weighted by molar-refractivity contribution is 1.08. The highest BCUT2D eigenvalue weighted by Crippen LogP contribution is 2.34. The van der Waals surface area contributed by atoms with Crippen LogP contribution in [0.3, 0.4) is 0 Å². The van der Waals surface area contributed by atoms with Crippen LogP contribution in [0.2, 0.25) is 0 Å². The molecule has 3 heteroatoms. The maximum Gasteiger partial charge on any atom is 0.129 e. The predicted octanol–water partition coefficient (Wildman–Crippen LogP) is 4.73. The average molecular weight is 327 g/mol. The van der Waals surface area contributed by atoms with Crippen molar-refractivity contribution in [2.45, 2.75) is 0 Å². The minimum atomic E-state index is 0.967. The zero-order chi connectivity index (χ0) is 14.1. The van der Waals surface area contributed by atoms with Gasteiger partial charge in [0.2, 0.25) is 0 Å². The summed E-state index contributed by atoms with van der Waals surface area (Å²) in [5.41, 5.74) is 3.41. The first-order valence-electron chi connectivity index (χ1n) is 6.49. The molecule has 100 valence electrons. The molecule has 0 fully saturated rings. The van der Waals surface area contributed by atoms with Crippen molar-refractivity contribution in [1.29, 1.82) is 0 Å². The molecule has 0 saturated carbocycles. The van der Waals surface area contributed by atoms with Gasteiger partial charge < -0.3 is 4.90 Å². The summed E-state index contributed by atoms with van der Waals surface area (Å²) in [5, 5.41) is 1.17. The first-order valence-corrected chi connectivity index (χ1v) is 7.28. The largest absolute Gasteiger partial charge is 0.363 e. The molecule has 0 atom stereocenters. The molecule has 0 radical (unpaired) electrons. The van der Waals surface area contributed by atoms with Crippen LogP contribution in [0.5, 0.6) is 0 Å². The van der Waals surface area contributed by atoms with E-state index in [2.05, 4.69) is 58.4 Å². The van der Waals surface area contributed by atoms with Gasteiger partial charge in [-0.15, -0.1) is 0 Å². The Morgan fingerprint density at radius 2 is 1.60 bits per heavy atom. The molecule has 3 rings (SSSR count). The van der Waals surface area contributed by atoms with E-state index in [1.165, 1.54) is 16.5 Å². The molecule has 1 heterocycles. The van der Waals surface area contributed by atoms with Crippen molar-refractivity contribution in [3.63, 3.8) is 0 Å². The van der Waals surface area contributed by atoms with Gasteiger partial charge in [0.05, 0.1) is 5.52 Å². The number of pyridine rings is 1. The SMILES string of the molecule is CN(C)c1cc(-c2ccccc2Br)c2ccccc2n1. The van der Waals surface area contributed by atoms with Crippen LogP contribution in [-0.2, 0) is 0 Å². The summed E-state index contributed by atoms with van der Waals surface area (Å²) in [5.74, 6) is 0.967. The Morgan fingerprint density at radius 3 is 2.35 bits per heavy atom. The van der Waals surface area contributed by atoms with E-state index in [1.807, 2.05) is 31.1 Å². The number of fused-ring (bicyclic) bond motifs is 1. The molecule has 20 heavy (non-hydrogen) atoms. The van der Waals surface area contributed by atoms with Gasteiger partial charge in [-0.25, -0.2) is 4.98 Å². The van der Waals surface area contributed by atoms with Crippen molar-refractivity contribution in [3.8, 4) is 11.1 Å². The van der Waals surface area contributed by atoms with E-state index in [0.717, 1.165) is 15.8 Å². The minimum absolute atomic E-state index is 0.967. The molecule has 3 aromatic rings. The first-order chi connectivity index (χ1) is 9.66. The maximum absolute atomic E-state index is 4.70. The lowest BCUT2D eigenvalue weighted by Crippen LogP contribution is -2.10. The summed E-state index contributed by atoms with van der Waals surface area (Å²) < 4.78 is 1.10.